The van der Waals surface area contributed by atoms with Crippen LogP contribution in [0, 0.1) is 13.8 Å². The molecule has 0 saturated carbocycles. The summed E-state index contributed by atoms with van der Waals surface area (Å²) in [7, 11) is 0. The summed E-state index contributed by atoms with van der Waals surface area (Å²) in [5.74, 6) is 1.83. The minimum absolute atomic E-state index is 0.265. The third kappa shape index (κ3) is 4.20. The van der Waals surface area contributed by atoms with Gasteiger partial charge < -0.3 is 14.4 Å². The molecule has 4 heteroatoms. The summed E-state index contributed by atoms with van der Waals surface area (Å²) in [6.07, 6.45) is 1.34. The first-order valence-corrected chi connectivity index (χ1v) is 8.90. The molecule has 0 fully saturated rings. The lowest BCUT2D eigenvalue weighted by atomic mass is 10.1. The molecule has 132 valence electrons. The van der Waals surface area contributed by atoms with Crippen LogP contribution >= 0.6 is 0 Å². The number of fused-ring (bicyclic) bond motifs is 1. The normalized spacial score (nSPS) is 12.5. The molecule has 0 radical (unpaired) electrons. The molecule has 1 unspecified atom stereocenters. The van der Waals surface area contributed by atoms with Crippen LogP contribution in [0.3, 0.4) is 0 Å². The van der Waals surface area contributed by atoms with Gasteiger partial charge in [0.1, 0.15) is 24.3 Å². The lowest BCUT2D eigenvalue weighted by molar-refractivity contribution is 0.0926. The molecular formula is C21H26N2O2. The number of benzene rings is 2. The van der Waals surface area contributed by atoms with E-state index < -0.39 is 6.10 Å². The van der Waals surface area contributed by atoms with Gasteiger partial charge in [-0.1, -0.05) is 25.1 Å². The van der Waals surface area contributed by atoms with Crippen LogP contribution in [0.15, 0.2) is 42.5 Å². The van der Waals surface area contributed by atoms with Crippen LogP contribution in [-0.2, 0) is 13.0 Å². The van der Waals surface area contributed by atoms with E-state index in [1.807, 2.05) is 44.2 Å². The third-order valence-corrected chi connectivity index (χ3v) is 4.24. The fourth-order valence-electron chi connectivity index (χ4n) is 3.22. The highest BCUT2D eigenvalue weighted by atomic mass is 16.5. The Morgan fingerprint density at radius 3 is 2.56 bits per heavy atom. The highest BCUT2D eigenvalue weighted by Gasteiger charge is 2.14. The summed E-state index contributed by atoms with van der Waals surface area (Å²) in [5.41, 5.74) is 4.37. The standard InChI is InChI=1S/C21H26N2O2/c1-4-7-21-22-19-8-5-6-9-20(19)23(21)13-17(24)14-25-18-11-15(2)10-16(3)12-18/h5-6,8-12,17,24H,4,7,13-14H2,1-3H3. The van der Waals surface area contributed by atoms with Crippen molar-refractivity contribution in [2.45, 2.75) is 46.3 Å². The number of imidazole rings is 1. The minimum Gasteiger partial charge on any atom is -0.491 e. The molecule has 1 atom stereocenters. The van der Waals surface area contributed by atoms with Gasteiger partial charge >= 0.3 is 0 Å². The molecule has 0 aliphatic carbocycles. The zero-order chi connectivity index (χ0) is 17.8. The Balaban J connectivity index is 1.73. The van der Waals surface area contributed by atoms with Gasteiger partial charge in [0, 0.05) is 6.42 Å². The highest BCUT2D eigenvalue weighted by Crippen LogP contribution is 2.19. The summed E-state index contributed by atoms with van der Waals surface area (Å²) >= 11 is 0. The minimum atomic E-state index is -0.589. The van der Waals surface area contributed by atoms with Crippen molar-refractivity contribution < 1.29 is 9.84 Å². The Bertz CT molecular complexity index is 834. The fourth-order valence-corrected chi connectivity index (χ4v) is 3.22. The molecule has 0 bridgehead atoms. The SMILES string of the molecule is CCCc1nc2ccccc2n1CC(O)COc1cc(C)cc(C)c1. The topological polar surface area (TPSA) is 47.3 Å². The van der Waals surface area contributed by atoms with Crippen LogP contribution in [0.4, 0.5) is 0 Å². The molecule has 0 saturated heterocycles. The molecule has 25 heavy (non-hydrogen) atoms. The van der Waals surface area contributed by atoms with E-state index in [4.69, 9.17) is 9.72 Å². The maximum atomic E-state index is 10.5. The number of hydrogen-bond donors (Lipinski definition) is 1. The molecule has 3 rings (SSSR count). The maximum Gasteiger partial charge on any atom is 0.119 e. The van der Waals surface area contributed by atoms with Gasteiger partial charge in [-0.05, 0) is 55.7 Å². The van der Waals surface area contributed by atoms with Crippen molar-refractivity contribution in [2.24, 2.45) is 0 Å². The molecule has 4 nitrogen and oxygen atoms in total. The van der Waals surface area contributed by atoms with Crippen molar-refractivity contribution in [1.29, 1.82) is 0 Å². The molecular weight excluding hydrogens is 312 g/mol. The van der Waals surface area contributed by atoms with Crippen molar-refractivity contribution in [1.82, 2.24) is 9.55 Å². The Morgan fingerprint density at radius 1 is 1.12 bits per heavy atom. The van der Waals surface area contributed by atoms with Crippen molar-refractivity contribution in [3.05, 3.63) is 59.4 Å². The second-order valence-electron chi connectivity index (χ2n) is 6.67. The van der Waals surface area contributed by atoms with Crippen LogP contribution in [0.1, 0.15) is 30.3 Å². The van der Waals surface area contributed by atoms with Gasteiger partial charge in [-0.15, -0.1) is 0 Å². The van der Waals surface area contributed by atoms with Gasteiger partial charge in [0.05, 0.1) is 17.6 Å². The summed E-state index contributed by atoms with van der Waals surface area (Å²) < 4.78 is 7.93. The summed E-state index contributed by atoms with van der Waals surface area (Å²) in [5, 5.41) is 10.5. The molecule has 3 aromatic rings. The van der Waals surface area contributed by atoms with E-state index >= 15 is 0 Å². The average Bonchev–Trinajstić information content (AvgIpc) is 2.90. The first-order valence-electron chi connectivity index (χ1n) is 8.90. The predicted molar refractivity (Wildman–Crippen MR) is 101 cm³/mol. The predicted octanol–water partition coefficient (Wildman–Crippen LogP) is 4.05. The smallest absolute Gasteiger partial charge is 0.119 e. The molecule has 1 N–H and O–H groups in total. The lowest BCUT2D eigenvalue weighted by Gasteiger charge is -2.16. The quantitative estimate of drug-likeness (QED) is 0.707. The first kappa shape index (κ1) is 17.5. The number of aliphatic hydroxyl groups is 1. The first-order chi connectivity index (χ1) is 12.1. The molecule has 1 aromatic heterocycles. The second kappa shape index (κ2) is 7.70. The number of nitrogens with zero attached hydrogens (tertiary/aromatic N) is 2. The Kier molecular flexibility index (Phi) is 5.39. The van der Waals surface area contributed by atoms with Crippen LogP contribution in [0.2, 0.25) is 0 Å². The second-order valence-corrected chi connectivity index (χ2v) is 6.67. The number of aliphatic hydroxyl groups excluding tert-OH is 1. The molecule has 0 spiro atoms. The van der Waals surface area contributed by atoms with E-state index in [0.29, 0.717) is 6.54 Å². The lowest BCUT2D eigenvalue weighted by Crippen LogP contribution is -2.24. The number of aryl methyl sites for hydroxylation is 3. The number of para-hydroxylation sites is 2. The van der Waals surface area contributed by atoms with Crippen LogP contribution in [0.5, 0.6) is 5.75 Å². The monoisotopic (exact) mass is 338 g/mol. The van der Waals surface area contributed by atoms with Gasteiger partial charge in [0.15, 0.2) is 0 Å². The summed E-state index contributed by atoms with van der Waals surface area (Å²) in [6, 6.07) is 14.2. The maximum absolute atomic E-state index is 10.5. The number of ether oxygens (including phenoxy) is 1. The fraction of sp³-hybridized carbons (Fsp3) is 0.381. The Labute approximate surface area is 149 Å². The van der Waals surface area contributed by atoms with Gasteiger partial charge in [-0.3, -0.25) is 0 Å². The summed E-state index contributed by atoms with van der Waals surface area (Å²) in [4.78, 5) is 4.71. The van der Waals surface area contributed by atoms with Crippen molar-refractivity contribution in [3.63, 3.8) is 0 Å². The van der Waals surface area contributed by atoms with Crippen molar-refractivity contribution in [2.75, 3.05) is 6.61 Å². The zero-order valence-corrected chi connectivity index (χ0v) is 15.2. The molecule has 0 aliphatic heterocycles. The van der Waals surface area contributed by atoms with Crippen molar-refractivity contribution >= 4 is 11.0 Å². The number of aromatic nitrogens is 2. The Morgan fingerprint density at radius 2 is 1.84 bits per heavy atom. The molecule has 0 amide bonds. The zero-order valence-electron chi connectivity index (χ0n) is 15.2. The third-order valence-electron chi connectivity index (χ3n) is 4.24. The van der Waals surface area contributed by atoms with Crippen molar-refractivity contribution in [3.8, 4) is 5.75 Å². The number of rotatable bonds is 7. The highest BCUT2D eigenvalue weighted by molar-refractivity contribution is 5.75. The van der Waals surface area contributed by atoms with E-state index in [9.17, 15) is 5.11 Å². The van der Waals surface area contributed by atoms with Crippen LogP contribution in [0.25, 0.3) is 11.0 Å². The van der Waals surface area contributed by atoms with E-state index in [-0.39, 0.29) is 6.61 Å². The largest absolute Gasteiger partial charge is 0.491 e. The molecule has 0 aliphatic rings. The van der Waals surface area contributed by atoms with E-state index in [2.05, 4.69) is 23.6 Å². The van der Waals surface area contributed by atoms with Gasteiger partial charge in [-0.25, -0.2) is 4.98 Å². The molecule has 2 aromatic carbocycles. The molecule has 1 heterocycles. The van der Waals surface area contributed by atoms with E-state index in [1.54, 1.807) is 0 Å². The van der Waals surface area contributed by atoms with Gasteiger partial charge in [0.25, 0.3) is 0 Å². The van der Waals surface area contributed by atoms with Gasteiger partial charge in [-0.2, -0.15) is 0 Å². The average molecular weight is 338 g/mol. The van der Waals surface area contributed by atoms with Crippen LogP contribution < -0.4 is 4.74 Å². The summed E-state index contributed by atoms with van der Waals surface area (Å²) in [6.45, 7) is 6.99. The van der Waals surface area contributed by atoms with E-state index in [0.717, 1.165) is 46.6 Å². The number of hydrogen-bond acceptors (Lipinski definition) is 3. The Hall–Kier alpha value is -2.33. The van der Waals surface area contributed by atoms with Crippen LogP contribution in [-0.4, -0.2) is 27.4 Å². The van der Waals surface area contributed by atoms with Gasteiger partial charge in [0.2, 0.25) is 0 Å². The van der Waals surface area contributed by atoms with E-state index in [1.165, 1.54) is 0 Å².